The molecule has 5 aromatic carbocycles. The Labute approximate surface area is 308 Å². The van der Waals surface area contributed by atoms with Gasteiger partial charge in [0.2, 0.25) is 0 Å². The van der Waals surface area contributed by atoms with Crippen LogP contribution in [0.2, 0.25) is 0 Å². The van der Waals surface area contributed by atoms with Gasteiger partial charge in [0.1, 0.15) is 0 Å². The predicted octanol–water partition coefficient (Wildman–Crippen LogP) is 12.1. The first-order valence-electron chi connectivity index (χ1n) is 20.1. The molecule has 0 amide bonds. The van der Waals surface area contributed by atoms with Gasteiger partial charge < -0.3 is 0 Å². The molecule has 52 heavy (non-hydrogen) atoms. The minimum Gasteiger partial charge on any atom is -0.0836 e. The Morgan fingerprint density at radius 1 is 0.519 bits per heavy atom. The van der Waals surface area contributed by atoms with Crippen molar-refractivity contribution in [3.63, 3.8) is 0 Å². The molecule has 0 aliphatic heterocycles. The number of benzene rings is 5. The highest BCUT2D eigenvalue weighted by molar-refractivity contribution is 6.26. The van der Waals surface area contributed by atoms with E-state index in [0.29, 0.717) is 11.8 Å². The lowest BCUT2D eigenvalue weighted by atomic mass is 9.53. The molecule has 256 valence electrons. The zero-order valence-electron chi connectivity index (χ0n) is 32.1. The van der Waals surface area contributed by atoms with Crippen molar-refractivity contribution in [2.24, 2.45) is 17.3 Å². The SMILES string of the molecule is CC1(C)C2=C3c4c5c(c(-c6c7cccc8c7c7c9c(cccc69)C(C)(C)C6CC=CC(=C76)C8(C)C)c6cccc(c46)C(C)(C)C3CC=C2)=CCCC=51. The first-order valence-corrected chi connectivity index (χ1v) is 20.1. The van der Waals surface area contributed by atoms with Gasteiger partial charge in [0.05, 0.1) is 0 Å². The third kappa shape index (κ3) is 3.08. The Balaban J connectivity index is 1.37. The summed E-state index contributed by atoms with van der Waals surface area (Å²) >= 11 is 0. The third-order valence-corrected chi connectivity index (χ3v) is 15.9. The van der Waals surface area contributed by atoms with E-state index in [-0.39, 0.29) is 21.7 Å². The summed E-state index contributed by atoms with van der Waals surface area (Å²) in [5.41, 5.74) is 18.7. The molecule has 0 spiro atoms. The van der Waals surface area contributed by atoms with Crippen LogP contribution in [-0.4, -0.2) is 0 Å². The molecule has 0 heteroatoms. The monoisotopic (exact) mass is 672 g/mol. The van der Waals surface area contributed by atoms with Crippen LogP contribution in [0.5, 0.6) is 0 Å². The smallest absolute Gasteiger partial charge is 0.0155 e. The normalized spacial score (nSPS) is 25.4. The minimum atomic E-state index is -0.0714. The second-order valence-electron chi connectivity index (χ2n) is 19.4. The number of hydrogen-bond donors (Lipinski definition) is 0. The maximum absolute atomic E-state index is 2.65. The van der Waals surface area contributed by atoms with Crippen molar-refractivity contribution in [1.82, 2.24) is 0 Å². The van der Waals surface area contributed by atoms with Crippen molar-refractivity contribution in [1.29, 1.82) is 0 Å². The Morgan fingerprint density at radius 3 is 1.63 bits per heavy atom. The average Bonchev–Trinajstić information content (AvgIpc) is 3.13. The highest BCUT2D eigenvalue weighted by Crippen LogP contribution is 2.63. The molecule has 2 unspecified atom stereocenters. The molecular formula is C52H48. The molecule has 7 aliphatic carbocycles. The summed E-state index contributed by atoms with van der Waals surface area (Å²) in [7, 11) is 0. The van der Waals surface area contributed by atoms with Crippen molar-refractivity contribution in [2.45, 2.75) is 97.3 Å². The van der Waals surface area contributed by atoms with Crippen molar-refractivity contribution >= 4 is 55.1 Å². The van der Waals surface area contributed by atoms with E-state index < -0.39 is 0 Å². The maximum atomic E-state index is 2.65. The fourth-order valence-electron chi connectivity index (χ4n) is 13.3. The molecule has 0 saturated heterocycles. The summed E-state index contributed by atoms with van der Waals surface area (Å²) in [4.78, 5) is 0. The second-order valence-corrected chi connectivity index (χ2v) is 19.4. The summed E-state index contributed by atoms with van der Waals surface area (Å²) in [5.74, 6) is 0.975. The van der Waals surface area contributed by atoms with Crippen molar-refractivity contribution in [3.8, 4) is 11.1 Å². The highest BCUT2D eigenvalue weighted by atomic mass is 14.5. The third-order valence-electron chi connectivity index (χ3n) is 15.9. The van der Waals surface area contributed by atoms with E-state index in [1.807, 2.05) is 0 Å². The van der Waals surface area contributed by atoms with E-state index in [2.05, 4.69) is 140 Å². The van der Waals surface area contributed by atoms with E-state index in [1.165, 1.54) is 59.8 Å². The summed E-state index contributed by atoms with van der Waals surface area (Å²) in [6.07, 6.45) is 17.1. The van der Waals surface area contributed by atoms with Crippen LogP contribution in [0, 0.1) is 17.3 Å². The van der Waals surface area contributed by atoms with Gasteiger partial charge >= 0.3 is 0 Å². The van der Waals surface area contributed by atoms with Gasteiger partial charge in [-0.25, -0.2) is 0 Å². The van der Waals surface area contributed by atoms with Gasteiger partial charge in [0, 0.05) is 10.8 Å². The summed E-state index contributed by atoms with van der Waals surface area (Å²) in [6, 6.07) is 22.0. The van der Waals surface area contributed by atoms with Gasteiger partial charge in [0.25, 0.3) is 0 Å². The number of hydrogen-bond acceptors (Lipinski definition) is 0. The highest BCUT2D eigenvalue weighted by Gasteiger charge is 2.50. The van der Waals surface area contributed by atoms with E-state index >= 15 is 0 Å². The molecule has 0 aromatic heterocycles. The van der Waals surface area contributed by atoms with Crippen LogP contribution in [-0.2, 0) is 16.2 Å². The van der Waals surface area contributed by atoms with E-state index in [4.69, 9.17) is 0 Å². The Hall–Kier alpha value is -4.42. The maximum Gasteiger partial charge on any atom is 0.0155 e. The Morgan fingerprint density at radius 2 is 1.02 bits per heavy atom. The van der Waals surface area contributed by atoms with Gasteiger partial charge in [-0.15, -0.1) is 0 Å². The van der Waals surface area contributed by atoms with E-state index in [0.717, 1.165) is 25.7 Å². The Kier molecular flexibility index (Phi) is 5.22. The molecule has 5 aromatic rings. The summed E-state index contributed by atoms with van der Waals surface area (Å²) < 4.78 is 0. The largest absolute Gasteiger partial charge is 0.0836 e. The molecule has 0 heterocycles. The zero-order chi connectivity index (χ0) is 35.4. The van der Waals surface area contributed by atoms with Crippen LogP contribution < -0.4 is 10.4 Å². The average molecular weight is 673 g/mol. The molecule has 7 aliphatic rings. The van der Waals surface area contributed by atoms with Gasteiger partial charge in [-0.3, -0.25) is 0 Å². The first kappa shape index (κ1) is 30.1. The molecular weight excluding hydrogens is 625 g/mol. The van der Waals surface area contributed by atoms with Gasteiger partial charge in [-0.05, 0) is 152 Å². The fourth-order valence-corrected chi connectivity index (χ4v) is 13.3. The molecule has 0 radical (unpaired) electrons. The number of allylic oxidation sites excluding steroid dienone is 8. The molecule has 12 rings (SSSR count). The Bertz CT molecular complexity index is 2860. The molecule has 0 nitrogen and oxygen atoms in total. The van der Waals surface area contributed by atoms with Gasteiger partial charge in [0.15, 0.2) is 0 Å². The van der Waals surface area contributed by atoms with E-state index in [9.17, 15) is 0 Å². The van der Waals surface area contributed by atoms with Gasteiger partial charge in [-0.2, -0.15) is 0 Å². The first-order chi connectivity index (χ1) is 24.9. The number of rotatable bonds is 1. The summed E-state index contributed by atoms with van der Waals surface area (Å²) in [6.45, 7) is 20.2. The van der Waals surface area contributed by atoms with Crippen LogP contribution in [0.4, 0.5) is 0 Å². The van der Waals surface area contributed by atoms with Crippen LogP contribution in [0.1, 0.15) is 109 Å². The van der Waals surface area contributed by atoms with Crippen LogP contribution in [0.25, 0.3) is 66.2 Å². The topological polar surface area (TPSA) is 0 Å². The van der Waals surface area contributed by atoms with Crippen molar-refractivity contribution < 1.29 is 0 Å². The molecule has 0 bridgehead atoms. The van der Waals surface area contributed by atoms with Crippen LogP contribution >= 0.6 is 0 Å². The van der Waals surface area contributed by atoms with Crippen LogP contribution in [0.15, 0.2) is 90.0 Å². The summed E-state index contributed by atoms with van der Waals surface area (Å²) in [5, 5.41) is 12.0. The van der Waals surface area contributed by atoms with Gasteiger partial charge in [-0.1, -0.05) is 146 Å². The lowest BCUT2D eigenvalue weighted by molar-refractivity contribution is 0.385. The lowest BCUT2D eigenvalue weighted by Gasteiger charge is -2.50. The second kappa shape index (κ2) is 9.02. The standard InChI is InChI=1S/C52H48/c1-49(2)31-19-9-15-27-39(28-16-10-20-32-42(28)47(41(27)31)45-35(49)23-13-24-36(45)50(32,3)4)40-29-17-11-21-33-43(29)48-44-30(40)18-12-22-34(44)52(7,8)38-26-14-25-37(46(38)48)51(33,5)6/h9-11,13-21,23,26,36-37H,12,22,24-25H2,1-8H3. The minimum absolute atomic E-state index is 0.00423. The molecule has 0 saturated carbocycles. The quantitative estimate of drug-likeness (QED) is 0.156. The van der Waals surface area contributed by atoms with E-state index in [1.54, 1.807) is 49.8 Å². The molecule has 0 N–H and O–H groups in total. The van der Waals surface area contributed by atoms with Crippen molar-refractivity contribution in [3.05, 3.63) is 128 Å². The van der Waals surface area contributed by atoms with Crippen LogP contribution in [0.3, 0.4) is 0 Å². The van der Waals surface area contributed by atoms with Crippen molar-refractivity contribution in [2.75, 3.05) is 0 Å². The molecule has 2 atom stereocenters. The lowest BCUT2D eigenvalue weighted by Crippen LogP contribution is -2.47. The predicted molar refractivity (Wildman–Crippen MR) is 222 cm³/mol. The fraction of sp³-hybridized carbons (Fsp3) is 0.346. The zero-order valence-corrected chi connectivity index (χ0v) is 32.1. The molecule has 0 fully saturated rings.